The van der Waals surface area contributed by atoms with Crippen molar-refractivity contribution in [3.8, 4) is 0 Å². The maximum atomic E-state index is 12.4. The number of urea groups is 1. The second-order valence-electron chi connectivity index (χ2n) is 6.97. The summed E-state index contributed by atoms with van der Waals surface area (Å²) in [5.41, 5.74) is 2.28. The fourth-order valence-electron chi connectivity index (χ4n) is 3.49. The van der Waals surface area contributed by atoms with Gasteiger partial charge in [0.1, 0.15) is 0 Å². The summed E-state index contributed by atoms with van der Waals surface area (Å²) in [6.07, 6.45) is 4.27. The van der Waals surface area contributed by atoms with E-state index in [1.165, 1.54) is 0 Å². The molecule has 2 heterocycles. The second-order valence-corrected chi connectivity index (χ2v) is 6.97. The highest BCUT2D eigenvalue weighted by Gasteiger charge is 2.24. The van der Waals surface area contributed by atoms with Crippen LogP contribution in [0.2, 0.25) is 0 Å². The Morgan fingerprint density at radius 1 is 1.24 bits per heavy atom. The number of amides is 3. The molecule has 6 nitrogen and oxygen atoms in total. The van der Waals surface area contributed by atoms with Crippen molar-refractivity contribution in [2.24, 2.45) is 0 Å². The molecule has 0 bridgehead atoms. The lowest BCUT2D eigenvalue weighted by atomic mass is 10.1. The predicted molar refractivity (Wildman–Crippen MR) is 96.9 cm³/mol. The zero-order valence-corrected chi connectivity index (χ0v) is 15.0. The van der Waals surface area contributed by atoms with Gasteiger partial charge >= 0.3 is 6.03 Å². The fraction of sp³-hybridized carbons (Fsp3) is 0.579. The molecule has 0 spiro atoms. The van der Waals surface area contributed by atoms with Crippen molar-refractivity contribution in [1.82, 2.24) is 10.2 Å². The summed E-state index contributed by atoms with van der Waals surface area (Å²) < 4.78 is 5.60. The Kier molecular flexibility index (Phi) is 5.58. The van der Waals surface area contributed by atoms with Crippen LogP contribution in [-0.2, 0) is 4.74 Å². The number of carbonyl (C=O) groups excluding carboxylic acids is 2. The molecule has 0 radical (unpaired) electrons. The fourth-order valence-corrected chi connectivity index (χ4v) is 3.49. The third-order valence-corrected chi connectivity index (χ3v) is 5.00. The monoisotopic (exact) mass is 345 g/mol. The minimum atomic E-state index is -0.246. The molecule has 136 valence electrons. The van der Waals surface area contributed by atoms with Crippen LogP contribution < -0.4 is 10.6 Å². The van der Waals surface area contributed by atoms with Gasteiger partial charge in [0.15, 0.2) is 0 Å². The van der Waals surface area contributed by atoms with E-state index in [1.807, 2.05) is 24.8 Å². The minimum Gasteiger partial charge on any atom is -0.376 e. The molecule has 3 rings (SSSR count). The lowest BCUT2D eigenvalue weighted by molar-refractivity contribution is 0.0792. The standard InChI is InChI=1S/C19H27N3O3/c1-13-12-15(18(23)22-9-3-4-10-22)7-8-16(13)21-19(24)20-14(2)17-6-5-11-25-17/h7-8,12,14,17H,3-6,9-11H2,1-2H3,(H2,20,21,24)/t14-,17-/m1/s1. The van der Waals surface area contributed by atoms with Gasteiger partial charge in [-0.3, -0.25) is 4.79 Å². The Hall–Kier alpha value is -2.08. The zero-order valence-electron chi connectivity index (χ0n) is 15.0. The Bertz CT molecular complexity index is 635. The highest BCUT2D eigenvalue weighted by molar-refractivity contribution is 5.96. The van der Waals surface area contributed by atoms with Crippen molar-refractivity contribution in [3.63, 3.8) is 0 Å². The normalized spacial score (nSPS) is 21.2. The van der Waals surface area contributed by atoms with Crippen molar-refractivity contribution in [2.75, 3.05) is 25.0 Å². The van der Waals surface area contributed by atoms with Crippen molar-refractivity contribution in [1.29, 1.82) is 0 Å². The molecule has 6 heteroatoms. The SMILES string of the molecule is Cc1cc(C(=O)N2CCCC2)ccc1NC(=O)N[C@H](C)[C@H]1CCCO1. The van der Waals surface area contributed by atoms with E-state index in [0.717, 1.165) is 56.6 Å². The van der Waals surface area contributed by atoms with Crippen LogP contribution in [0.15, 0.2) is 18.2 Å². The van der Waals surface area contributed by atoms with Gasteiger partial charge in [0, 0.05) is 30.9 Å². The van der Waals surface area contributed by atoms with Gasteiger partial charge in [0.25, 0.3) is 5.91 Å². The van der Waals surface area contributed by atoms with E-state index in [2.05, 4.69) is 10.6 Å². The van der Waals surface area contributed by atoms with E-state index in [1.54, 1.807) is 12.1 Å². The summed E-state index contributed by atoms with van der Waals surface area (Å²) in [4.78, 5) is 26.5. The number of aryl methyl sites for hydroxylation is 1. The van der Waals surface area contributed by atoms with Crippen LogP contribution in [0.25, 0.3) is 0 Å². The Morgan fingerprint density at radius 2 is 2.00 bits per heavy atom. The maximum Gasteiger partial charge on any atom is 0.319 e. The number of anilines is 1. The number of benzene rings is 1. The lowest BCUT2D eigenvalue weighted by Gasteiger charge is -2.21. The van der Waals surface area contributed by atoms with Gasteiger partial charge in [-0.15, -0.1) is 0 Å². The van der Waals surface area contributed by atoms with Crippen LogP contribution in [0.3, 0.4) is 0 Å². The van der Waals surface area contributed by atoms with Gasteiger partial charge in [-0.2, -0.15) is 0 Å². The molecule has 2 atom stereocenters. The van der Waals surface area contributed by atoms with Crippen LogP contribution in [0.1, 0.15) is 48.5 Å². The van der Waals surface area contributed by atoms with Crippen molar-refractivity contribution in [3.05, 3.63) is 29.3 Å². The van der Waals surface area contributed by atoms with E-state index < -0.39 is 0 Å². The maximum absolute atomic E-state index is 12.4. The third-order valence-electron chi connectivity index (χ3n) is 5.00. The van der Waals surface area contributed by atoms with Gasteiger partial charge in [0.05, 0.1) is 12.1 Å². The third kappa shape index (κ3) is 4.31. The first-order valence-electron chi connectivity index (χ1n) is 9.13. The molecule has 0 unspecified atom stereocenters. The number of nitrogens with zero attached hydrogens (tertiary/aromatic N) is 1. The van der Waals surface area contributed by atoms with Gasteiger partial charge in [-0.1, -0.05) is 0 Å². The van der Waals surface area contributed by atoms with Crippen LogP contribution >= 0.6 is 0 Å². The van der Waals surface area contributed by atoms with Gasteiger partial charge in [-0.25, -0.2) is 4.79 Å². The first-order valence-corrected chi connectivity index (χ1v) is 9.13. The van der Waals surface area contributed by atoms with E-state index in [-0.39, 0.29) is 24.1 Å². The molecular weight excluding hydrogens is 318 g/mol. The van der Waals surface area contributed by atoms with Crippen LogP contribution in [0.5, 0.6) is 0 Å². The molecule has 2 N–H and O–H groups in total. The summed E-state index contributed by atoms with van der Waals surface area (Å²) in [5, 5.41) is 5.80. The molecule has 2 aliphatic heterocycles. The molecule has 1 aromatic rings. The first kappa shape index (κ1) is 17.7. The molecule has 25 heavy (non-hydrogen) atoms. The minimum absolute atomic E-state index is 0.0289. The molecule has 0 aliphatic carbocycles. The molecule has 1 aromatic carbocycles. The van der Waals surface area contributed by atoms with Gasteiger partial charge < -0.3 is 20.3 Å². The number of hydrogen-bond acceptors (Lipinski definition) is 3. The van der Waals surface area contributed by atoms with E-state index >= 15 is 0 Å². The first-order chi connectivity index (χ1) is 12.0. The smallest absolute Gasteiger partial charge is 0.319 e. The van der Waals surface area contributed by atoms with Crippen LogP contribution in [0, 0.1) is 6.92 Å². The number of rotatable bonds is 4. The summed E-state index contributed by atoms with van der Waals surface area (Å²) >= 11 is 0. The van der Waals surface area contributed by atoms with Crippen LogP contribution in [-0.4, -0.2) is 48.7 Å². The Morgan fingerprint density at radius 3 is 2.64 bits per heavy atom. The molecule has 3 amide bonds. The summed E-state index contributed by atoms with van der Waals surface area (Å²) in [6, 6.07) is 5.16. The highest BCUT2D eigenvalue weighted by atomic mass is 16.5. The predicted octanol–water partition coefficient (Wildman–Crippen LogP) is 2.92. The molecule has 2 aliphatic rings. The average molecular weight is 345 g/mol. The summed E-state index contributed by atoms with van der Waals surface area (Å²) in [6.45, 7) is 6.30. The van der Waals surface area contributed by atoms with Crippen LogP contribution in [0.4, 0.5) is 10.5 Å². The molecule has 2 fully saturated rings. The number of nitrogens with one attached hydrogen (secondary N) is 2. The number of likely N-dealkylation sites (tertiary alicyclic amines) is 1. The number of ether oxygens (including phenoxy) is 1. The average Bonchev–Trinajstić information content (AvgIpc) is 3.29. The summed E-state index contributed by atoms with van der Waals surface area (Å²) in [5.74, 6) is 0.0728. The van der Waals surface area contributed by atoms with E-state index in [0.29, 0.717) is 5.56 Å². The number of carbonyl (C=O) groups is 2. The molecule has 0 aromatic heterocycles. The van der Waals surface area contributed by atoms with Gasteiger partial charge in [-0.05, 0) is 63.3 Å². The van der Waals surface area contributed by atoms with E-state index in [4.69, 9.17) is 4.74 Å². The Balaban J connectivity index is 1.58. The largest absolute Gasteiger partial charge is 0.376 e. The highest BCUT2D eigenvalue weighted by Crippen LogP contribution is 2.20. The quantitative estimate of drug-likeness (QED) is 0.881. The van der Waals surface area contributed by atoms with Crippen molar-refractivity contribution < 1.29 is 14.3 Å². The van der Waals surface area contributed by atoms with Crippen molar-refractivity contribution >= 4 is 17.6 Å². The second kappa shape index (κ2) is 7.87. The Labute approximate surface area is 148 Å². The molecule has 0 saturated carbocycles. The lowest BCUT2D eigenvalue weighted by Crippen LogP contribution is -2.43. The topological polar surface area (TPSA) is 70.7 Å². The van der Waals surface area contributed by atoms with Gasteiger partial charge in [0.2, 0.25) is 0 Å². The molecule has 2 saturated heterocycles. The molecular formula is C19H27N3O3. The van der Waals surface area contributed by atoms with E-state index in [9.17, 15) is 9.59 Å². The zero-order chi connectivity index (χ0) is 17.8. The summed E-state index contributed by atoms with van der Waals surface area (Å²) in [7, 11) is 0. The number of hydrogen-bond donors (Lipinski definition) is 2. The van der Waals surface area contributed by atoms with Crippen molar-refractivity contribution in [2.45, 2.75) is 51.7 Å².